The van der Waals surface area contributed by atoms with E-state index in [-0.39, 0.29) is 6.10 Å². The van der Waals surface area contributed by atoms with Crippen LogP contribution in [-0.2, 0) is 6.54 Å². The van der Waals surface area contributed by atoms with E-state index in [1.165, 1.54) is 12.8 Å². The molecule has 6 nitrogen and oxygen atoms in total. The van der Waals surface area contributed by atoms with Gasteiger partial charge in [0, 0.05) is 19.1 Å². The lowest BCUT2D eigenvalue weighted by Crippen LogP contribution is -2.21. The quantitative estimate of drug-likeness (QED) is 0.743. The Labute approximate surface area is 93.6 Å². The molecule has 1 saturated heterocycles. The van der Waals surface area contributed by atoms with E-state index in [1.807, 2.05) is 4.90 Å². The number of hydrogen-bond acceptors (Lipinski definition) is 6. The fraction of sp³-hybridized carbons (Fsp3) is 0.800. The molecule has 88 valence electrons. The number of aromatic nitrogens is 2. The van der Waals surface area contributed by atoms with E-state index in [0.29, 0.717) is 31.0 Å². The van der Waals surface area contributed by atoms with Crippen molar-refractivity contribution in [2.45, 2.75) is 38.0 Å². The molecule has 1 aromatic heterocycles. The number of nitrogens with zero attached hydrogens (tertiary/aromatic N) is 3. The van der Waals surface area contributed by atoms with Crippen LogP contribution >= 0.6 is 0 Å². The number of aliphatic hydroxyl groups is 1. The van der Waals surface area contributed by atoms with Crippen LogP contribution in [-0.4, -0.2) is 40.5 Å². The highest BCUT2D eigenvalue weighted by atomic mass is 16.4. The SMILES string of the molecule is OC1CCN(c2nnc(CNC3CC3)o2)C1. The first-order chi connectivity index (χ1) is 7.81. The molecular weight excluding hydrogens is 208 g/mol. The molecule has 0 bridgehead atoms. The van der Waals surface area contributed by atoms with Crippen LogP contribution < -0.4 is 10.2 Å². The van der Waals surface area contributed by atoms with Crippen LogP contribution in [0.3, 0.4) is 0 Å². The molecule has 2 fully saturated rings. The van der Waals surface area contributed by atoms with Crippen LogP contribution in [0, 0.1) is 0 Å². The molecule has 0 spiro atoms. The first-order valence-electron chi connectivity index (χ1n) is 5.80. The Bertz CT molecular complexity index is 363. The number of anilines is 1. The summed E-state index contributed by atoms with van der Waals surface area (Å²) in [6, 6.07) is 1.17. The van der Waals surface area contributed by atoms with Crippen molar-refractivity contribution >= 4 is 6.01 Å². The van der Waals surface area contributed by atoms with Crippen molar-refractivity contribution in [3.05, 3.63) is 5.89 Å². The maximum atomic E-state index is 9.41. The number of nitrogens with one attached hydrogen (secondary N) is 1. The zero-order valence-corrected chi connectivity index (χ0v) is 9.09. The normalized spacial score (nSPS) is 25.3. The minimum absolute atomic E-state index is 0.264. The Balaban J connectivity index is 1.58. The summed E-state index contributed by atoms with van der Waals surface area (Å²) >= 11 is 0. The van der Waals surface area contributed by atoms with Gasteiger partial charge >= 0.3 is 6.01 Å². The van der Waals surface area contributed by atoms with E-state index in [1.54, 1.807) is 0 Å². The summed E-state index contributed by atoms with van der Waals surface area (Å²) in [6.07, 6.45) is 3.01. The van der Waals surface area contributed by atoms with Crippen molar-refractivity contribution < 1.29 is 9.52 Å². The van der Waals surface area contributed by atoms with Gasteiger partial charge in [0.25, 0.3) is 0 Å². The van der Waals surface area contributed by atoms with Crippen LogP contribution in [0.25, 0.3) is 0 Å². The highest BCUT2D eigenvalue weighted by Gasteiger charge is 2.25. The van der Waals surface area contributed by atoms with Crippen molar-refractivity contribution in [3.63, 3.8) is 0 Å². The molecule has 1 saturated carbocycles. The summed E-state index contributed by atoms with van der Waals surface area (Å²) in [5.41, 5.74) is 0. The van der Waals surface area contributed by atoms with Crippen molar-refractivity contribution in [1.29, 1.82) is 0 Å². The summed E-state index contributed by atoms with van der Waals surface area (Å²) < 4.78 is 5.52. The molecule has 2 heterocycles. The van der Waals surface area contributed by atoms with Gasteiger partial charge in [-0.3, -0.25) is 0 Å². The van der Waals surface area contributed by atoms with Gasteiger partial charge in [0.05, 0.1) is 12.6 Å². The Morgan fingerprint density at radius 3 is 2.94 bits per heavy atom. The molecule has 3 rings (SSSR count). The lowest BCUT2D eigenvalue weighted by Gasteiger charge is -2.10. The summed E-state index contributed by atoms with van der Waals surface area (Å²) in [5, 5.41) is 20.7. The van der Waals surface area contributed by atoms with Crippen LogP contribution in [0.4, 0.5) is 6.01 Å². The second-order valence-electron chi connectivity index (χ2n) is 4.52. The third kappa shape index (κ3) is 2.17. The lowest BCUT2D eigenvalue weighted by atomic mass is 10.3. The molecule has 2 N–H and O–H groups in total. The van der Waals surface area contributed by atoms with Crippen LogP contribution in [0.1, 0.15) is 25.2 Å². The first-order valence-corrected chi connectivity index (χ1v) is 5.80. The van der Waals surface area contributed by atoms with Gasteiger partial charge in [0.2, 0.25) is 5.89 Å². The van der Waals surface area contributed by atoms with Crippen molar-refractivity contribution in [1.82, 2.24) is 15.5 Å². The van der Waals surface area contributed by atoms with E-state index in [4.69, 9.17) is 4.42 Å². The van der Waals surface area contributed by atoms with Gasteiger partial charge in [-0.1, -0.05) is 5.10 Å². The minimum atomic E-state index is -0.264. The smallest absolute Gasteiger partial charge is 0.318 e. The number of aliphatic hydroxyl groups excluding tert-OH is 1. The zero-order chi connectivity index (χ0) is 11.0. The van der Waals surface area contributed by atoms with Gasteiger partial charge in [-0.05, 0) is 19.3 Å². The molecule has 1 aliphatic carbocycles. The molecule has 6 heteroatoms. The first kappa shape index (κ1) is 10.0. The number of hydrogen-bond donors (Lipinski definition) is 2. The summed E-state index contributed by atoms with van der Waals surface area (Å²) in [7, 11) is 0. The molecular formula is C10H16N4O2. The third-order valence-corrected chi connectivity index (χ3v) is 3.01. The molecule has 1 atom stereocenters. The molecule has 0 radical (unpaired) electrons. The van der Waals surface area contributed by atoms with Crippen molar-refractivity contribution in [3.8, 4) is 0 Å². The van der Waals surface area contributed by atoms with Gasteiger partial charge in [0.15, 0.2) is 0 Å². The van der Waals surface area contributed by atoms with Gasteiger partial charge < -0.3 is 19.7 Å². The minimum Gasteiger partial charge on any atom is -0.407 e. The van der Waals surface area contributed by atoms with E-state index in [0.717, 1.165) is 13.0 Å². The summed E-state index contributed by atoms with van der Waals surface area (Å²) in [5.74, 6) is 0.628. The maximum Gasteiger partial charge on any atom is 0.318 e. The molecule has 1 unspecified atom stereocenters. The average Bonchev–Trinajstić information content (AvgIpc) is 2.81. The average molecular weight is 224 g/mol. The summed E-state index contributed by atoms with van der Waals surface area (Å²) in [4.78, 5) is 1.93. The Morgan fingerprint density at radius 2 is 2.25 bits per heavy atom. The highest BCUT2D eigenvalue weighted by molar-refractivity contribution is 5.26. The summed E-state index contributed by atoms with van der Waals surface area (Å²) in [6.45, 7) is 2.03. The Morgan fingerprint density at radius 1 is 1.38 bits per heavy atom. The maximum absolute atomic E-state index is 9.41. The lowest BCUT2D eigenvalue weighted by molar-refractivity contribution is 0.198. The Hall–Kier alpha value is -1.14. The third-order valence-electron chi connectivity index (χ3n) is 3.01. The van der Waals surface area contributed by atoms with E-state index < -0.39 is 0 Å². The molecule has 16 heavy (non-hydrogen) atoms. The highest BCUT2D eigenvalue weighted by Crippen LogP contribution is 2.21. The molecule has 2 aliphatic rings. The van der Waals surface area contributed by atoms with Gasteiger partial charge in [-0.15, -0.1) is 5.10 Å². The predicted octanol–water partition coefficient (Wildman–Crippen LogP) is -0.107. The van der Waals surface area contributed by atoms with E-state index in [9.17, 15) is 5.11 Å². The second kappa shape index (κ2) is 4.03. The molecule has 0 amide bonds. The van der Waals surface area contributed by atoms with Crippen LogP contribution in [0.5, 0.6) is 0 Å². The fourth-order valence-electron chi connectivity index (χ4n) is 1.88. The largest absolute Gasteiger partial charge is 0.407 e. The topological polar surface area (TPSA) is 74.4 Å². The van der Waals surface area contributed by atoms with Crippen molar-refractivity contribution in [2.75, 3.05) is 18.0 Å². The molecule has 1 aliphatic heterocycles. The van der Waals surface area contributed by atoms with Gasteiger partial charge in [0.1, 0.15) is 0 Å². The predicted molar refractivity (Wildman–Crippen MR) is 57.0 cm³/mol. The Kier molecular flexibility index (Phi) is 2.53. The van der Waals surface area contributed by atoms with Gasteiger partial charge in [-0.2, -0.15) is 0 Å². The van der Waals surface area contributed by atoms with Crippen LogP contribution in [0.2, 0.25) is 0 Å². The molecule has 0 aromatic carbocycles. The monoisotopic (exact) mass is 224 g/mol. The molecule has 1 aromatic rings. The van der Waals surface area contributed by atoms with E-state index >= 15 is 0 Å². The van der Waals surface area contributed by atoms with Gasteiger partial charge in [-0.25, -0.2) is 0 Å². The fourth-order valence-corrected chi connectivity index (χ4v) is 1.88. The van der Waals surface area contributed by atoms with E-state index in [2.05, 4.69) is 15.5 Å². The second-order valence-corrected chi connectivity index (χ2v) is 4.52. The number of rotatable bonds is 4. The zero-order valence-electron chi connectivity index (χ0n) is 9.09. The van der Waals surface area contributed by atoms with Crippen LogP contribution in [0.15, 0.2) is 4.42 Å². The van der Waals surface area contributed by atoms with Crippen molar-refractivity contribution in [2.24, 2.45) is 0 Å². The number of β-amino-alcohol motifs (C(OH)–C–C–N with tert-alkyl or cyclic N) is 1. The standard InChI is InChI=1S/C10H16N4O2/c15-8-3-4-14(6-8)10-13-12-9(16-10)5-11-7-1-2-7/h7-8,11,15H,1-6H2.